The van der Waals surface area contributed by atoms with E-state index in [2.05, 4.69) is 5.10 Å². The standard InChI is InChI=1S/C12H15N3OS/c1-3-16-10-6-4-9(5-7-10)11-8-17-12(14-13)15(11)2/h4-8H,3,13H2,1-2H3/b14-12-. The third-order valence-electron chi connectivity index (χ3n) is 2.50. The smallest absolute Gasteiger partial charge is 0.207 e. The lowest BCUT2D eigenvalue weighted by atomic mass is 10.1. The minimum absolute atomic E-state index is 0.682. The molecule has 0 bridgehead atoms. The lowest BCUT2D eigenvalue weighted by molar-refractivity contribution is 0.340. The minimum Gasteiger partial charge on any atom is -0.494 e. The van der Waals surface area contributed by atoms with Gasteiger partial charge in [0.15, 0.2) is 0 Å². The molecule has 1 aromatic carbocycles. The van der Waals surface area contributed by atoms with Crippen molar-refractivity contribution >= 4 is 11.3 Å². The molecule has 2 aromatic rings. The second-order valence-corrected chi connectivity index (χ2v) is 4.39. The van der Waals surface area contributed by atoms with Crippen molar-refractivity contribution < 1.29 is 4.74 Å². The summed E-state index contributed by atoms with van der Waals surface area (Å²) in [4.78, 5) is 0.800. The molecule has 0 aliphatic heterocycles. The average molecular weight is 249 g/mol. The number of thiazole rings is 1. The van der Waals surface area contributed by atoms with Gasteiger partial charge in [-0.1, -0.05) is 0 Å². The molecule has 0 unspecified atom stereocenters. The van der Waals surface area contributed by atoms with E-state index in [0.29, 0.717) is 6.61 Å². The van der Waals surface area contributed by atoms with E-state index in [-0.39, 0.29) is 0 Å². The number of ether oxygens (including phenoxy) is 1. The molecule has 5 heteroatoms. The molecule has 0 saturated carbocycles. The van der Waals surface area contributed by atoms with E-state index < -0.39 is 0 Å². The van der Waals surface area contributed by atoms with E-state index in [4.69, 9.17) is 10.6 Å². The van der Waals surface area contributed by atoms with Gasteiger partial charge in [-0.3, -0.25) is 0 Å². The van der Waals surface area contributed by atoms with Crippen molar-refractivity contribution in [3.05, 3.63) is 34.4 Å². The first-order chi connectivity index (χ1) is 8.26. The maximum absolute atomic E-state index is 5.41. The molecule has 0 aliphatic rings. The van der Waals surface area contributed by atoms with E-state index in [0.717, 1.165) is 21.8 Å². The third kappa shape index (κ3) is 2.34. The van der Waals surface area contributed by atoms with Crippen molar-refractivity contribution in [1.82, 2.24) is 4.57 Å². The van der Waals surface area contributed by atoms with Gasteiger partial charge in [0.25, 0.3) is 0 Å². The quantitative estimate of drug-likeness (QED) is 0.667. The molecule has 0 radical (unpaired) electrons. The third-order valence-corrected chi connectivity index (χ3v) is 3.43. The van der Waals surface area contributed by atoms with Crippen molar-refractivity contribution in [3.63, 3.8) is 0 Å². The van der Waals surface area contributed by atoms with Gasteiger partial charge >= 0.3 is 0 Å². The van der Waals surface area contributed by atoms with Gasteiger partial charge in [-0.25, -0.2) is 0 Å². The normalized spacial score (nSPS) is 11.8. The molecule has 17 heavy (non-hydrogen) atoms. The van der Waals surface area contributed by atoms with Crippen LogP contribution >= 0.6 is 11.3 Å². The van der Waals surface area contributed by atoms with Crippen molar-refractivity contribution in [3.8, 4) is 17.0 Å². The Morgan fingerprint density at radius 2 is 2.06 bits per heavy atom. The Morgan fingerprint density at radius 1 is 1.35 bits per heavy atom. The molecule has 2 rings (SSSR count). The fraction of sp³-hybridized carbons (Fsp3) is 0.250. The number of hydrogen-bond acceptors (Lipinski definition) is 4. The fourth-order valence-electron chi connectivity index (χ4n) is 1.64. The lowest BCUT2D eigenvalue weighted by Gasteiger charge is -2.05. The molecule has 4 nitrogen and oxygen atoms in total. The van der Waals surface area contributed by atoms with Gasteiger partial charge in [0.2, 0.25) is 4.80 Å². The Labute approximate surface area is 104 Å². The first-order valence-corrected chi connectivity index (χ1v) is 6.26. The molecular weight excluding hydrogens is 234 g/mol. The number of nitrogens with two attached hydrogens (primary N) is 1. The molecule has 90 valence electrons. The monoisotopic (exact) mass is 249 g/mol. The number of aromatic nitrogens is 1. The summed E-state index contributed by atoms with van der Waals surface area (Å²) < 4.78 is 7.38. The van der Waals surface area contributed by atoms with Gasteiger partial charge in [0.05, 0.1) is 12.3 Å². The topological polar surface area (TPSA) is 52.5 Å². The highest BCUT2D eigenvalue weighted by molar-refractivity contribution is 7.07. The summed E-state index contributed by atoms with van der Waals surface area (Å²) in [6.07, 6.45) is 0. The molecule has 0 amide bonds. The van der Waals surface area contributed by atoms with E-state index in [9.17, 15) is 0 Å². The first kappa shape index (κ1) is 11.7. The fourth-order valence-corrected chi connectivity index (χ4v) is 2.47. The second-order valence-electron chi connectivity index (χ2n) is 3.55. The number of hydrogen-bond donors (Lipinski definition) is 1. The molecular formula is C12H15N3OS. The van der Waals surface area contributed by atoms with Crippen LogP contribution in [-0.4, -0.2) is 11.2 Å². The molecule has 0 spiro atoms. The Bertz CT molecular complexity index is 554. The number of benzene rings is 1. The zero-order valence-corrected chi connectivity index (χ0v) is 10.7. The first-order valence-electron chi connectivity index (χ1n) is 5.38. The molecule has 1 heterocycles. The van der Waals surface area contributed by atoms with Crippen molar-refractivity contribution in [1.29, 1.82) is 0 Å². The summed E-state index contributed by atoms with van der Waals surface area (Å²) in [5.41, 5.74) is 2.23. The molecule has 0 aliphatic carbocycles. The predicted molar refractivity (Wildman–Crippen MR) is 69.6 cm³/mol. The van der Waals surface area contributed by atoms with Crippen LogP contribution in [0.1, 0.15) is 6.92 Å². The van der Waals surface area contributed by atoms with Crippen LogP contribution in [0.3, 0.4) is 0 Å². The summed E-state index contributed by atoms with van der Waals surface area (Å²) in [5, 5.41) is 5.76. The number of rotatable bonds is 3. The maximum Gasteiger partial charge on any atom is 0.207 e. The molecule has 0 fully saturated rings. The summed E-state index contributed by atoms with van der Waals surface area (Å²) in [6.45, 7) is 2.66. The summed E-state index contributed by atoms with van der Waals surface area (Å²) in [6, 6.07) is 8.01. The Hall–Kier alpha value is -1.75. The van der Waals surface area contributed by atoms with Gasteiger partial charge in [-0.05, 0) is 36.8 Å². The maximum atomic E-state index is 5.41. The molecule has 0 atom stereocenters. The highest BCUT2D eigenvalue weighted by Crippen LogP contribution is 2.22. The highest BCUT2D eigenvalue weighted by atomic mass is 32.1. The SMILES string of the molecule is CCOc1ccc(-c2cs/c(=N\N)n2C)cc1. The zero-order valence-electron chi connectivity index (χ0n) is 9.88. The lowest BCUT2D eigenvalue weighted by Crippen LogP contribution is -2.13. The largest absolute Gasteiger partial charge is 0.494 e. The van der Waals surface area contributed by atoms with Crippen molar-refractivity contribution in [2.24, 2.45) is 18.0 Å². The van der Waals surface area contributed by atoms with Gasteiger partial charge < -0.3 is 15.1 Å². The number of nitrogens with zero attached hydrogens (tertiary/aromatic N) is 2. The Balaban J connectivity index is 2.36. The van der Waals surface area contributed by atoms with E-state index in [1.165, 1.54) is 11.3 Å². The van der Waals surface area contributed by atoms with E-state index in [1.807, 2.05) is 48.2 Å². The van der Waals surface area contributed by atoms with Gasteiger partial charge in [-0.2, -0.15) is 5.10 Å². The Kier molecular flexibility index (Phi) is 3.49. The van der Waals surface area contributed by atoms with Crippen LogP contribution in [0.2, 0.25) is 0 Å². The molecule has 1 aromatic heterocycles. The van der Waals surface area contributed by atoms with Crippen LogP contribution < -0.4 is 15.4 Å². The molecule has 0 saturated heterocycles. The van der Waals surface area contributed by atoms with E-state index in [1.54, 1.807) is 0 Å². The predicted octanol–water partition coefficient (Wildman–Crippen LogP) is 1.93. The van der Waals surface area contributed by atoms with Crippen molar-refractivity contribution in [2.75, 3.05) is 6.61 Å². The molecule has 2 N–H and O–H groups in total. The van der Waals surface area contributed by atoms with Crippen LogP contribution in [0.4, 0.5) is 0 Å². The minimum atomic E-state index is 0.682. The van der Waals surface area contributed by atoms with Crippen LogP contribution in [0.25, 0.3) is 11.3 Å². The van der Waals surface area contributed by atoms with Crippen molar-refractivity contribution in [2.45, 2.75) is 6.92 Å². The summed E-state index contributed by atoms with van der Waals surface area (Å²) >= 11 is 1.53. The van der Waals surface area contributed by atoms with Gasteiger partial charge in [0, 0.05) is 12.4 Å². The zero-order chi connectivity index (χ0) is 12.3. The second kappa shape index (κ2) is 5.05. The van der Waals surface area contributed by atoms with E-state index >= 15 is 0 Å². The van der Waals surface area contributed by atoms with Crippen LogP contribution in [0.15, 0.2) is 34.7 Å². The van der Waals surface area contributed by atoms with Crippen LogP contribution in [0, 0.1) is 0 Å². The van der Waals surface area contributed by atoms with Gasteiger partial charge in [0.1, 0.15) is 5.75 Å². The summed E-state index contributed by atoms with van der Waals surface area (Å²) in [7, 11) is 1.95. The summed E-state index contributed by atoms with van der Waals surface area (Å²) in [5.74, 6) is 6.19. The van der Waals surface area contributed by atoms with Crippen LogP contribution in [0.5, 0.6) is 5.75 Å². The Morgan fingerprint density at radius 3 is 2.59 bits per heavy atom. The van der Waals surface area contributed by atoms with Gasteiger partial charge in [-0.15, -0.1) is 11.3 Å². The average Bonchev–Trinajstić information content (AvgIpc) is 2.72. The highest BCUT2D eigenvalue weighted by Gasteiger charge is 2.04. The van der Waals surface area contributed by atoms with Crippen LogP contribution in [-0.2, 0) is 7.05 Å².